The lowest BCUT2D eigenvalue weighted by Crippen LogP contribution is -2.35. The van der Waals surface area contributed by atoms with Crippen LogP contribution in [0.25, 0.3) is 11.1 Å². The van der Waals surface area contributed by atoms with Crippen LogP contribution in [0.3, 0.4) is 0 Å². The third-order valence-electron chi connectivity index (χ3n) is 6.14. The van der Waals surface area contributed by atoms with Crippen molar-refractivity contribution in [3.05, 3.63) is 83.4 Å². The summed E-state index contributed by atoms with van der Waals surface area (Å²) in [5.41, 5.74) is 5.20. The number of nitrogens with one attached hydrogen (secondary N) is 1. The Hall–Kier alpha value is -4.00. The van der Waals surface area contributed by atoms with Crippen molar-refractivity contribution in [1.29, 1.82) is 0 Å². The fourth-order valence-corrected chi connectivity index (χ4v) is 4.48. The molecule has 0 spiro atoms. The third-order valence-corrected chi connectivity index (χ3v) is 6.14. The van der Waals surface area contributed by atoms with Crippen LogP contribution in [0, 0.1) is 5.92 Å². The Balaban J connectivity index is 1.38. The number of carbonyl (C=O) groups excluding carboxylic acids is 1. The number of ether oxygens (including phenoxy) is 3. The molecule has 4 rings (SSSR count). The molecular formula is C27H27NO6. The smallest absolute Gasteiger partial charge is 0.407 e. The largest absolute Gasteiger partial charge is 0.493 e. The van der Waals surface area contributed by atoms with E-state index in [2.05, 4.69) is 17.4 Å². The average Bonchev–Trinajstić information content (AvgIpc) is 3.18. The van der Waals surface area contributed by atoms with Crippen molar-refractivity contribution in [2.45, 2.75) is 12.3 Å². The van der Waals surface area contributed by atoms with E-state index in [1.54, 1.807) is 18.2 Å². The topological polar surface area (TPSA) is 94.1 Å². The fraction of sp³-hybridized carbons (Fsp3) is 0.259. The molecule has 1 aliphatic rings. The number of rotatable bonds is 9. The Kier molecular flexibility index (Phi) is 7.01. The summed E-state index contributed by atoms with van der Waals surface area (Å²) in [5.74, 6) is -0.939. The Morgan fingerprint density at radius 3 is 2.15 bits per heavy atom. The Morgan fingerprint density at radius 2 is 1.56 bits per heavy atom. The van der Waals surface area contributed by atoms with Crippen molar-refractivity contribution >= 4 is 12.1 Å². The maximum Gasteiger partial charge on any atom is 0.407 e. The minimum atomic E-state index is -1.02. The summed E-state index contributed by atoms with van der Waals surface area (Å²) in [4.78, 5) is 24.3. The summed E-state index contributed by atoms with van der Waals surface area (Å²) in [6.45, 7) is 0.0909. The average molecular weight is 462 g/mol. The number of para-hydroxylation sites is 1. The van der Waals surface area contributed by atoms with Crippen LogP contribution in [0.2, 0.25) is 0 Å². The monoisotopic (exact) mass is 461 g/mol. The lowest BCUT2D eigenvalue weighted by atomic mass is 9.98. The summed E-state index contributed by atoms with van der Waals surface area (Å²) in [5, 5.41) is 12.3. The van der Waals surface area contributed by atoms with Gasteiger partial charge in [-0.2, -0.15) is 0 Å². The van der Waals surface area contributed by atoms with Crippen LogP contribution >= 0.6 is 0 Å². The second-order valence-corrected chi connectivity index (χ2v) is 8.10. The van der Waals surface area contributed by atoms with E-state index in [0.717, 1.165) is 22.3 Å². The molecule has 0 aromatic heterocycles. The zero-order valence-corrected chi connectivity index (χ0v) is 19.1. The SMILES string of the molecule is COc1cccc(C[C@H](CNC(=O)OCC2c3ccccc3-c3ccccc32)C(=O)O)c1OC. The van der Waals surface area contributed by atoms with Crippen molar-refractivity contribution in [3.8, 4) is 22.6 Å². The molecule has 1 amide bonds. The first-order chi connectivity index (χ1) is 16.5. The normalized spacial score (nSPS) is 12.9. The summed E-state index contributed by atoms with van der Waals surface area (Å²) >= 11 is 0. The van der Waals surface area contributed by atoms with Gasteiger partial charge in [0.15, 0.2) is 11.5 Å². The Morgan fingerprint density at radius 1 is 0.912 bits per heavy atom. The third kappa shape index (κ3) is 4.69. The van der Waals surface area contributed by atoms with Crippen molar-refractivity contribution in [1.82, 2.24) is 5.32 Å². The van der Waals surface area contributed by atoms with Gasteiger partial charge in [0, 0.05) is 12.5 Å². The second-order valence-electron chi connectivity index (χ2n) is 8.10. The van der Waals surface area contributed by atoms with Crippen molar-refractivity contribution in [2.24, 2.45) is 5.92 Å². The predicted molar refractivity (Wildman–Crippen MR) is 127 cm³/mol. The molecule has 0 unspecified atom stereocenters. The molecule has 34 heavy (non-hydrogen) atoms. The zero-order valence-electron chi connectivity index (χ0n) is 19.1. The second kappa shape index (κ2) is 10.3. The van der Waals surface area contributed by atoms with Gasteiger partial charge in [0.05, 0.1) is 20.1 Å². The molecule has 0 aliphatic heterocycles. The van der Waals surface area contributed by atoms with Crippen LogP contribution in [-0.2, 0) is 16.0 Å². The molecule has 3 aromatic carbocycles. The fourth-order valence-electron chi connectivity index (χ4n) is 4.48. The molecule has 0 bridgehead atoms. The minimum Gasteiger partial charge on any atom is -0.493 e. The van der Waals surface area contributed by atoms with Crippen LogP contribution in [-0.4, -0.2) is 44.5 Å². The van der Waals surface area contributed by atoms with E-state index >= 15 is 0 Å². The number of aliphatic carboxylic acids is 1. The molecule has 1 aliphatic carbocycles. The van der Waals surface area contributed by atoms with Gasteiger partial charge >= 0.3 is 12.1 Å². The molecule has 0 saturated heterocycles. The summed E-state index contributed by atoms with van der Waals surface area (Å²) in [6.07, 6.45) is -0.481. The van der Waals surface area contributed by atoms with Crippen LogP contribution in [0.15, 0.2) is 66.7 Å². The van der Waals surface area contributed by atoms with Gasteiger partial charge in [-0.15, -0.1) is 0 Å². The minimum absolute atomic E-state index is 0.0607. The lowest BCUT2D eigenvalue weighted by molar-refractivity contribution is -0.141. The lowest BCUT2D eigenvalue weighted by Gasteiger charge is -2.18. The standard InChI is InChI=1S/C27H27NO6/c1-32-24-13-7-8-17(25(24)33-2)14-18(26(29)30)15-28-27(31)34-16-23-21-11-5-3-9-19(21)20-10-4-6-12-22(20)23/h3-13,18,23H,14-16H2,1-2H3,(H,28,31)(H,29,30)/t18-/m1/s1. The first-order valence-electron chi connectivity index (χ1n) is 11.0. The summed E-state index contributed by atoms with van der Waals surface area (Å²) in [7, 11) is 3.03. The molecule has 0 heterocycles. The number of benzene rings is 3. The molecule has 7 nitrogen and oxygen atoms in total. The number of hydrogen-bond donors (Lipinski definition) is 2. The molecule has 7 heteroatoms. The van der Waals surface area contributed by atoms with Gasteiger partial charge in [-0.05, 0) is 40.3 Å². The van der Waals surface area contributed by atoms with Crippen LogP contribution < -0.4 is 14.8 Å². The highest BCUT2D eigenvalue weighted by atomic mass is 16.5. The van der Waals surface area contributed by atoms with E-state index in [1.807, 2.05) is 36.4 Å². The number of carboxylic acids is 1. The van der Waals surface area contributed by atoms with E-state index in [0.29, 0.717) is 17.1 Å². The molecule has 176 valence electrons. The van der Waals surface area contributed by atoms with Crippen LogP contribution in [0.5, 0.6) is 11.5 Å². The van der Waals surface area contributed by atoms with E-state index in [9.17, 15) is 14.7 Å². The van der Waals surface area contributed by atoms with Crippen molar-refractivity contribution in [3.63, 3.8) is 0 Å². The van der Waals surface area contributed by atoms with Crippen molar-refractivity contribution in [2.75, 3.05) is 27.4 Å². The van der Waals surface area contributed by atoms with Gasteiger partial charge < -0.3 is 24.6 Å². The highest BCUT2D eigenvalue weighted by molar-refractivity contribution is 5.79. The van der Waals surface area contributed by atoms with Gasteiger partial charge in [0.1, 0.15) is 6.61 Å². The van der Waals surface area contributed by atoms with E-state index < -0.39 is 18.0 Å². The number of amides is 1. The Labute approximate surface area is 198 Å². The highest BCUT2D eigenvalue weighted by Gasteiger charge is 2.29. The van der Waals surface area contributed by atoms with Crippen LogP contribution in [0.1, 0.15) is 22.6 Å². The number of alkyl carbamates (subject to hydrolysis) is 1. The molecular weight excluding hydrogens is 434 g/mol. The number of hydrogen-bond acceptors (Lipinski definition) is 5. The van der Waals surface area contributed by atoms with Crippen LogP contribution in [0.4, 0.5) is 4.79 Å². The molecule has 3 aromatic rings. The van der Waals surface area contributed by atoms with E-state index in [-0.39, 0.29) is 25.5 Å². The van der Waals surface area contributed by atoms with Gasteiger partial charge in [0.25, 0.3) is 0 Å². The maximum atomic E-state index is 12.5. The number of methoxy groups -OCH3 is 2. The Bertz CT molecular complexity index is 1150. The maximum absolute atomic E-state index is 12.5. The summed E-state index contributed by atoms with van der Waals surface area (Å²) < 4.78 is 16.2. The van der Waals surface area contributed by atoms with Gasteiger partial charge in [-0.25, -0.2) is 4.79 Å². The predicted octanol–water partition coefficient (Wildman–Crippen LogP) is 4.49. The molecule has 1 atom stereocenters. The molecule has 0 saturated carbocycles. The summed E-state index contributed by atoms with van der Waals surface area (Å²) in [6, 6.07) is 21.5. The van der Waals surface area contributed by atoms with Gasteiger partial charge in [-0.3, -0.25) is 4.79 Å². The van der Waals surface area contributed by atoms with E-state index in [1.165, 1.54) is 14.2 Å². The zero-order chi connectivity index (χ0) is 24.1. The molecule has 2 N–H and O–H groups in total. The quantitative estimate of drug-likeness (QED) is 0.488. The first-order valence-corrected chi connectivity index (χ1v) is 11.0. The number of carboxylic acid groups (broad SMARTS) is 1. The molecule has 0 fully saturated rings. The first kappa shape index (κ1) is 23.2. The number of fused-ring (bicyclic) bond motifs is 3. The van der Waals surface area contributed by atoms with E-state index in [4.69, 9.17) is 14.2 Å². The van der Waals surface area contributed by atoms with Gasteiger partial charge in [0.2, 0.25) is 0 Å². The number of carbonyl (C=O) groups is 2. The van der Waals surface area contributed by atoms with Gasteiger partial charge in [-0.1, -0.05) is 60.7 Å². The highest BCUT2D eigenvalue weighted by Crippen LogP contribution is 2.44. The van der Waals surface area contributed by atoms with Crippen molar-refractivity contribution < 1.29 is 28.9 Å². The molecule has 0 radical (unpaired) electrons.